The number of rotatable bonds is 10. The number of aliphatic imine (C=N–C) groups is 1. The number of methoxy groups -OCH3 is 1. The number of aryl methyl sites for hydroxylation is 1. The molecule has 7 heteroatoms. The molecule has 29 heavy (non-hydrogen) atoms. The number of hydrogen-bond donors (Lipinski definition) is 2. The van der Waals surface area contributed by atoms with Crippen molar-refractivity contribution in [2.24, 2.45) is 4.99 Å². The molecule has 0 spiro atoms. The zero-order valence-corrected chi connectivity index (χ0v) is 17.7. The van der Waals surface area contributed by atoms with Crippen molar-refractivity contribution in [3.8, 4) is 0 Å². The molecular weight excluding hydrogens is 370 g/mol. The van der Waals surface area contributed by atoms with E-state index in [1.165, 1.54) is 12.7 Å². The van der Waals surface area contributed by atoms with Crippen LogP contribution >= 0.6 is 0 Å². The van der Waals surface area contributed by atoms with Crippen LogP contribution in [0, 0.1) is 6.92 Å². The number of furan rings is 1. The van der Waals surface area contributed by atoms with Gasteiger partial charge in [0.25, 0.3) is 0 Å². The smallest absolute Gasteiger partial charge is 0.341 e. The third kappa shape index (κ3) is 7.27. The van der Waals surface area contributed by atoms with Crippen LogP contribution in [0.5, 0.6) is 0 Å². The molecule has 0 amide bonds. The Labute approximate surface area is 172 Å². The highest BCUT2D eigenvalue weighted by Gasteiger charge is 2.15. The molecule has 0 fully saturated rings. The van der Waals surface area contributed by atoms with Crippen LogP contribution in [0.15, 0.2) is 45.8 Å². The number of carbonyl (C=O) groups excluding carboxylic acids is 1. The Morgan fingerprint density at radius 2 is 2.00 bits per heavy atom. The maximum Gasteiger partial charge on any atom is 0.341 e. The number of hydrogen-bond acceptors (Lipinski definition) is 5. The van der Waals surface area contributed by atoms with Gasteiger partial charge in [0, 0.05) is 19.7 Å². The van der Waals surface area contributed by atoms with Crippen LogP contribution < -0.4 is 10.6 Å². The number of carbonyl (C=O) groups is 1. The van der Waals surface area contributed by atoms with Crippen LogP contribution in [0.1, 0.15) is 53.8 Å². The van der Waals surface area contributed by atoms with Gasteiger partial charge in [0.1, 0.15) is 23.6 Å². The fourth-order valence-electron chi connectivity index (χ4n) is 2.79. The Kier molecular flexibility index (Phi) is 9.24. The monoisotopic (exact) mass is 401 g/mol. The minimum Gasteiger partial charge on any atom is -0.465 e. The highest BCUT2D eigenvalue weighted by Crippen LogP contribution is 2.17. The molecule has 1 aromatic heterocycles. The van der Waals surface area contributed by atoms with Crippen LogP contribution in [0.3, 0.4) is 0 Å². The van der Waals surface area contributed by atoms with Gasteiger partial charge in [-0.05, 0) is 38.8 Å². The van der Waals surface area contributed by atoms with Crippen molar-refractivity contribution in [3.63, 3.8) is 0 Å². The molecule has 0 aliphatic rings. The summed E-state index contributed by atoms with van der Waals surface area (Å²) < 4.78 is 16.2. The van der Waals surface area contributed by atoms with Crippen molar-refractivity contribution < 1.29 is 18.7 Å². The van der Waals surface area contributed by atoms with E-state index in [0.717, 1.165) is 19.5 Å². The van der Waals surface area contributed by atoms with Crippen LogP contribution in [0.4, 0.5) is 0 Å². The average molecular weight is 402 g/mol. The highest BCUT2D eigenvalue weighted by atomic mass is 16.5. The van der Waals surface area contributed by atoms with E-state index >= 15 is 0 Å². The molecule has 0 bridgehead atoms. The summed E-state index contributed by atoms with van der Waals surface area (Å²) in [5, 5.41) is 6.48. The molecule has 0 saturated carbocycles. The zero-order valence-electron chi connectivity index (χ0n) is 17.7. The number of nitrogens with zero attached hydrogens (tertiary/aromatic N) is 1. The molecule has 158 valence electrons. The SMILES string of the molecule is CCNC(=NCc1cc(C(=O)OC)c(C)o1)NCCCOC(C)c1ccccc1. The Bertz CT molecular complexity index is 787. The number of ether oxygens (including phenoxy) is 2. The summed E-state index contributed by atoms with van der Waals surface area (Å²) >= 11 is 0. The van der Waals surface area contributed by atoms with Gasteiger partial charge in [-0.1, -0.05) is 30.3 Å². The van der Waals surface area contributed by atoms with Gasteiger partial charge >= 0.3 is 5.97 Å². The maximum atomic E-state index is 11.7. The van der Waals surface area contributed by atoms with E-state index in [2.05, 4.69) is 34.7 Å². The fourth-order valence-corrected chi connectivity index (χ4v) is 2.79. The van der Waals surface area contributed by atoms with E-state index in [9.17, 15) is 4.79 Å². The largest absolute Gasteiger partial charge is 0.465 e. The van der Waals surface area contributed by atoms with E-state index in [0.29, 0.717) is 36.2 Å². The van der Waals surface area contributed by atoms with E-state index in [1.54, 1.807) is 13.0 Å². The summed E-state index contributed by atoms with van der Waals surface area (Å²) in [6.07, 6.45) is 0.929. The molecule has 2 rings (SSSR count). The average Bonchev–Trinajstić information content (AvgIpc) is 3.12. The van der Waals surface area contributed by atoms with Crippen LogP contribution in [-0.2, 0) is 16.0 Å². The van der Waals surface area contributed by atoms with Gasteiger partial charge in [-0.3, -0.25) is 0 Å². The topological polar surface area (TPSA) is 85.1 Å². The molecule has 0 aliphatic carbocycles. The second kappa shape index (κ2) is 11.9. The Morgan fingerprint density at radius 1 is 1.24 bits per heavy atom. The second-order valence-corrected chi connectivity index (χ2v) is 6.57. The molecule has 7 nitrogen and oxygen atoms in total. The number of guanidine groups is 1. The van der Waals surface area contributed by atoms with Crippen molar-refractivity contribution in [3.05, 3.63) is 59.0 Å². The van der Waals surface area contributed by atoms with Crippen molar-refractivity contribution >= 4 is 11.9 Å². The minimum atomic E-state index is -0.406. The number of esters is 1. The predicted molar refractivity (Wildman–Crippen MR) is 113 cm³/mol. The lowest BCUT2D eigenvalue weighted by Gasteiger charge is -2.14. The lowest BCUT2D eigenvalue weighted by molar-refractivity contribution is 0.0598. The Hall–Kier alpha value is -2.80. The second-order valence-electron chi connectivity index (χ2n) is 6.57. The Morgan fingerprint density at radius 3 is 2.69 bits per heavy atom. The standard InChI is InChI=1S/C22H31N3O4/c1-5-23-22(25-15-19-14-20(17(3)29-19)21(26)27-4)24-12-9-13-28-16(2)18-10-7-6-8-11-18/h6-8,10-11,14,16H,5,9,12-13,15H2,1-4H3,(H2,23,24,25). The molecule has 0 aliphatic heterocycles. The van der Waals surface area contributed by atoms with Gasteiger partial charge in [0.15, 0.2) is 5.96 Å². The molecule has 1 heterocycles. The van der Waals surface area contributed by atoms with Crippen LogP contribution in [0.2, 0.25) is 0 Å². The summed E-state index contributed by atoms with van der Waals surface area (Å²) in [7, 11) is 1.35. The number of benzene rings is 1. The first-order valence-corrected chi connectivity index (χ1v) is 9.91. The Balaban J connectivity index is 1.78. The summed E-state index contributed by atoms with van der Waals surface area (Å²) in [5.41, 5.74) is 1.61. The van der Waals surface area contributed by atoms with Crippen molar-refractivity contribution in [2.75, 3.05) is 26.8 Å². The van der Waals surface area contributed by atoms with E-state index in [-0.39, 0.29) is 6.10 Å². The number of nitrogens with one attached hydrogen (secondary N) is 2. The molecule has 2 N–H and O–H groups in total. The minimum absolute atomic E-state index is 0.0734. The van der Waals surface area contributed by atoms with Gasteiger partial charge in [-0.15, -0.1) is 0 Å². The third-order valence-corrected chi connectivity index (χ3v) is 4.36. The van der Waals surface area contributed by atoms with Gasteiger partial charge in [0.2, 0.25) is 0 Å². The predicted octanol–water partition coefficient (Wildman–Crippen LogP) is 3.60. The van der Waals surface area contributed by atoms with Crippen molar-refractivity contribution in [1.29, 1.82) is 0 Å². The van der Waals surface area contributed by atoms with Gasteiger partial charge in [0.05, 0.1) is 13.2 Å². The third-order valence-electron chi connectivity index (χ3n) is 4.36. The molecule has 0 radical (unpaired) electrons. The van der Waals surface area contributed by atoms with E-state index < -0.39 is 5.97 Å². The van der Waals surface area contributed by atoms with Gasteiger partial charge < -0.3 is 24.5 Å². The summed E-state index contributed by atoms with van der Waals surface area (Å²) in [5.74, 6) is 1.43. The van der Waals surface area contributed by atoms with Crippen LogP contribution in [0.25, 0.3) is 0 Å². The summed E-state index contributed by atoms with van der Waals surface area (Å²) in [6.45, 7) is 8.27. The first-order valence-electron chi connectivity index (χ1n) is 9.91. The fraction of sp³-hybridized carbons (Fsp3) is 0.455. The normalized spacial score (nSPS) is 12.5. The lowest BCUT2D eigenvalue weighted by Crippen LogP contribution is -2.38. The van der Waals surface area contributed by atoms with Crippen LogP contribution in [-0.4, -0.2) is 38.7 Å². The molecule has 1 aromatic carbocycles. The first-order chi connectivity index (χ1) is 14.0. The molecule has 0 saturated heterocycles. The summed E-state index contributed by atoms with van der Waals surface area (Å²) in [6, 6.07) is 11.9. The van der Waals surface area contributed by atoms with Gasteiger partial charge in [-0.25, -0.2) is 9.79 Å². The highest BCUT2D eigenvalue weighted by molar-refractivity contribution is 5.90. The lowest BCUT2D eigenvalue weighted by atomic mass is 10.1. The molecule has 1 unspecified atom stereocenters. The molecule has 2 aromatic rings. The van der Waals surface area contributed by atoms with Crippen molar-refractivity contribution in [1.82, 2.24) is 10.6 Å². The zero-order chi connectivity index (χ0) is 21.1. The van der Waals surface area contributed by atoms with E-state index in [1.807, 2.05) is 25.1 Å². The summed E-state index contributed by atoms with van der Waals surface area (Å²) in [4.78, 5) is 16.2. The van der Waals surface area contributed by atoms with E-state index in [4.69, 9.17) is 13.9 Å². The first kappa shape index (κ1) is 22.5. The molecule has 1 atom stereocenters. The van der Waals surface area contributed by atoms with Crippen molar-refractivity contribution in [2.45, 2.75) is 39.8 Å². The van der Waals surface area contributed by atoms with Gasteiger partial charge in [-0.2, -0.15) is 0 Å². The quantitative estimate of drug-likeness (QED) is 0.274. The molecular formula is C22H31N3O4. The maximum absolute atomic E-state index is 11.7.